The van der Waals surface area contributed by atoms with Crippen molar-refractivity contribution in [3.05, 3.63) is 119 Å². The predicted molar refractivity (Wildman–Crippen MR) is 143 cm³/mol. The molecule has 1 aliphatic heterocycles. The summed E-state index contributed by atoms with van der Waals surface area (Å²) < 4.78 is 2.05. The lowest BCUT2D eigenvalue weighted by Gasteiger charge is -2.17. The minimum atomic E-state index is -0.538. The molecule has 5 aromatic rings. The fourth-order valence-electron chi connectivity index (χ4n) is 4.19. The molecule has 6 rings (SSSR count). The van der Waals surface area contributed by atoms with Gasteiger partial charge in [0.25, 0.3) is 11.5 Å². The highest BCUT2D eigenvalue weighted by Crippen LogP contribution is 2.38. The normalized spacial score (nSPS) is 14.5. The number of benzene rings is 3. The Morgan fingerprint density at radius 1 is 0.944 bits per heavy atom. The molecule has 0 fully saturated rings. The monoisotopic (exact) mass is 576 g/mol. The average Bonchev–Trinajstić information content (AvgIpc) is 3.32. The topological polar surface area (TPSA) is 84.6 Å². The molecule has 2 aromatic heterocycles. The number of amides is 1. The highest BCUT2D eigenvalue weighted by atomic mass is 79.9. The fraction of sp³-hybridized carbons (Fsp3) is 0.0385. The molecule has 0 spiro atoms. The number of carbonyl (C=O) groups excluding carboxylic acids is 1. The van der Waals surface area contributed by atoms with Crippen molar-refractivity contribution in [3.8, 4) is 11.3 Å². The molecule has 0 unspecified atom stereocenters. The van der Waals surface area contributed by atoms with Crippen LogP contribution in [-0.2, 0) is 11.3 Å². The van der Waals surface area contributed by atoms with E-state index in [9.17, 15) is 14.4 Å². The molecule has 3 aromatic carbocycles. The van der Waals surface area contributed by atoms with Crippen LogP contribution in [0, 0.1) is 0 Å². The van der Waals surface area contributed by atoms with Crippen LogP contribution in [0.1, 0.15) is 11.1 Å². The van der Waals surface area contributed by atoms with Crippen LogP contribution in [0.3, 0.4) is 0 Å². The Morgan fingerprint density at radius 3 is 2.44 bits per heavy atom. The largest absolute Gasteiger partial charge is 0.303 e. The summed E-state index contributed by atoms with van der Waals surface area (Å²) in [6.07, 6.45) is 0. The molecular weight excluding hydrogens is 564 g/mol. The maximum absolute atomic E-state index is 13.7. The van der Waals surface area contributed by atoms with E-state index in [0.717, 1.165) is 25.9 Å². The van der Waals surface area contributed by atoms with E-state index in [1.165, 1.54) is 0 Å². The van der Waals surface area contributed by atoms with Gasteiger partial charge >= 0.3 is 5.56 Å². The number of nitrogens with zero attached hydrogens (tertiary/aromatic N) is 4. The highest BCUT2D eigenvalue weighted by Gasteiger charge is 2.34. The first-order chi connectivity index (χ1) is 17.4. The SMILES string of the molecule is O=C1C(=c2sc3nc(=O)c(-c4ccccc4)nn3c2=O)c2cc(Br)ccc2N1Cc1ccc(Cl)cc1. The van der Waals surface area contributed by atoms with Crippen LogP contribution in [-0.4, -0.2) is 20.5 Å². The first kappa shape index (κ1) is 22.8. The first-order valence-corrected chi connectivity index (χ1v) is 12.8. The van der Waals surface area contributed by atoms with Gasteiger partial charge in [-0.15, -0.1) is 0 Å². The molecular formula is C26H14BrClN4O3S. The number of rotatable bonds is 3. The van der Waals surface area contributed by atoms with Gasteiger partial charge in [0.15, 0.2) is 5.69 Å². The summed E-state index contributed by atoms with van der Waals surface area (Å²) in [6.45, 7) is 0.305. The number of hydrogen-bond donors (Lipinski definition) is 0. The Morgan fingerprint density at radius 2 is 1.69 bits per heavy atom. The fourth-order valence-corrected chi connectivity index (χ4v) is 5.67. The summed E-state index contributed by atoms with van der Waals surface area (Å²) in [4.78, 5) is 45.8. The van der Waals surface area contributed by atoms with Gasteiger partial charge in [0.05, 0.1) is 17.8 Å². The number of hydrogen-bond acceptors (Lipinski definition) is 6. The van der Waals surface area contributed by atoms with Crippen LogP contribution >= 0.6 is 38.9 Å². The Balaban J connectivity index is 1.57. The maximum Gasteiger partial charge on any atom is 0.300 e. The molecule has 0 saturated carbocycles. The second kappa shape index (κ2) is 8.77. The van der Waals surface area contributed by atoms with Crippen LogP contribution in [0.4, 0.5) is 5.69 Å². The maximum atomic E-state index is 13.7. The van der Waals surface area contributed by atoms with Crippen LogP contribution in [0.5, 0.6) is 0 Å². The molecule has 3 heterocycles. The van der Waals surface area contributed by atoms with E-state index < -0.39 is 11.1 Å². The Kier molecular flexibility index (Phi) is 5.55. The van der Waals surface area contributed by atoms with Gasteiger partial charge in [-0.25, -0.2) is 0 Å². The zero-order valence-corrected chi connectivity index (χ0v) is 21.5. The number of carbonyl (C=O) groups is 1. The molecule has 176 valence electrons. The average molecular weight is 578 g/mol. The number of thiazole rings is 1. The Labute approximate surface area is 221 Å². The van der Waals surface area contributed by atoms with Gasteiger partial charge in [-0.3, -0.25) is 14.4 Å². The van der Waals surface area contributed by atoms with E-state index >= 15 is 0 Å². The van der Waals surface area contributed by atoms with Gasteiger partial charge in [-0.2, -0.15) is 14.6 Å². The number of anilines is 1. The molecule has 0 aliphatic carbocycles. The molecule has 0 N–H and O–H groups in total. The van der Waals surface area contributed by atoms with Gasteiger partial charge in [0.1, 0.15) is 4.53 Å². The van der Waals surface area contributed by atoms with Gasteiger partial charge in [0, 0.05) is 20.6 Å². The van der Waals surface area contributed by atoms with Crippen LogP contribution < -0.4 is 20.6 Å². The molecule has 0 radical (unpaired) electrons. The molecule has 1 aliphatic rings. The molecule has 0 atom stereocenters. The first-order valence-electron chi connectivity index (χ1n) is 10.8. The van der Waals surface area contributed by atoms with E-state index in [0.29, 0.717) is 28.4 Å². The van der Waals surface area contributed by atoms with Gasteiger partial charge in [-0.05, 0) is 35.9 Å². The van der Waals surface area contributed by atoms with E-state index in [1.807, 2.05) is 36.4 Å². The Bertz CT molecular complexity index is 1850. The van der Waals surface area contributed by atoms with Crippen molar-refractivity contribution in [2.24, 2.45) is 0 Å². The third-order valence-electron chi connectivity index (χ3n) is 5.87. The summed E-state index contributed by atoms with van der Waals surface area (Å²) in [5.74, 6) is -0.312. The van der Waals surface area contributed by atoms with Crippen molar-refractivity contribution in [1.82, 2.24) is 14.6 Å². The predicted octanol–water partition coefficient (Wildman–Crippen LogP) is 4.06. The van der Waals surface area contributed by atoms with Crippen molar-refractivity contribution in [3.63, 3.8) is 0 Å². The highest BCUT2D eigenvalue weighted by molar-refractivity contribution is 9.10. The summed E-state index contributed by atoms with van der Waals surface area (Å²) in [5.41, 5.74) is 2.06. The molecule has 1 amide bonds. The summed E-state index contributed by atoms with van der Waals surface area (Å²) in [5, 5.41) is 4.92. The van der Waals surface area contributed by atoms with Gasteiger partial charge in [-0.1, -0.05) is 81.3 Å². The molecule has 10 heteroatoms. The molecule has 0 bridgehead atoms. The zero-order chi connectivity index (χ0) is 25.0. The van der Waals surface area contributed by atoms with Crippen molar-refractivity contribution >= 4 is 61.0 Å². The summed E-state index contributed by atoms with van der Waals surface area (Å²) in [6, 6.07) is 21.6. The standard InChI is InChI=1S/C26H14BrClN4O3S/c27-16-8-11-19-18(12-16)20(24(34)31(19)13-14-6-9-17(28)10-7-14)22-25(35)32-26(36-22)29-23(33)21(30-32)15-4-2-1-3-5-15/h1-12H,13H2. The smallest absolute Gasteiger partial charge is 0.300 e. The van der Waals surface area contributed by atoms with E-state index in [-0.39, 0.29) is 26.7 Å². The summed E-state index contributed by atoms with van der Waals surface area (Å²) in [7, 11) is 0. The third kappa shape index (κ3) is 3.76. The minimum absolute atomic E-state index is 0.0739. The van der Waals surface area contributed by atoms with Crippen molar-refractivity contribution in [2.45, 2.75) is 6.54 Å². The summed E-state index contributed by atoms with van der Waals surface area (Å²) >= 11 is 10.5. The second-order valence-corrected chi connectivity index (χ2v) is 10.4. The van der Waals surface area contributed by atoms with Crippen molar-refractivity contribution in [1.29, 1.82) is 0 Å². The molecule has 7 nitrogen and oxygen atoms in total. The molecule has 0 saturated heterocycles. The van der Waals surface area contributed by atoms with Crippen LogP contribution in [0.25, 0.3) is 21.8 Å². The molecule has 36 heavy (non-hydrogen) atoms. The zero-order valence-electron chi connectivity index (χ0n) is 18.3. The van der Waals surface area contributed by atoms with E-state index in [2.05, 4.69) is 26.0 Å². The van der Waals surface area contributed by atoms with Crippen LogP contribution in [0.15, 0.2) is 86.9 Å². The number of fused-ring (bicyclic) bond motifs is 2. The lowest BCUT2D eigenvalue weighted by Crippen LogP contribution is -2.32. The van der Waals surface area contributed by atoms with Crippen molar-refractivity contribution in [2.75, 3.05) is 4.90 Å². The third-order valence-corrected chi connectivity index (χ3v) is 7.64. The van der Waals surface area contributed by atoms with Crippen LogP contribution in [0.2, 0.25) is 5.02 Å². The minimum Gasteiger partial charge on any atom is -0.303 e. The lowest BCUT2D eigenvalue weighted by molar-refractivity contribution is -0.113. The van der Waals surface area contributed by atoms with E-state index in [1.54, 1.807) is 41.3 Å². The van der Waals surface area contributed by atoms with E-state index in [4.69, 9.17) is 11.6 Å². The number of halogens is 2. The number of aromatic nitrogens is 3. The second-order valence-electron chi connectivity index (χ2n) is 8.12. The lowest BCUT2D eigenvalue weighted by atomic mass is 10.1. The van der Waals surface area contributed by atoms with Gasteiger partial charge < -0.3 is 4.90 Å². The Hall–Kier alpha value is -3.66. The van der Waals surface area contributed by atoms with Gasteiger partial charge in [0.2, 0.25) is 4.96 Å². The quantitative estimate of drug-likeness (QED) is 0.323. The van der Waals surface area contributed by atoms with Crippen molar-refractivity contribution < 1.29 is 4.79 Å².